The molecule has 6 heteroatoms. The summed E-state index contributed by atoms with van der Waals surface area (Å²) in [5.41, 5.74) is -0.997. The number of nitrogens with one attached hydrogen (secondary N) is 1. The SMILES string of the molecule is C#CC(C)(C)OC(=O)c1nc(Cl)c(Cl)[nH]1. The van der Waals surface area contributed by atoms with Gasteiger partial charge in [0.25, 0.3) is 0 Å². The van der Waals surface area contributed by atoms with Crippen LogP contribution >= 0.6 is 23.2 Å². The van der Waals surface area contributed by atoms with Gasteiger partial charge in [-0.05, 0) is 13.8 Å². The standard InChI is InChI=1S/C9H8Cl2N2O2/c1-4-9(2,3)15-8(14)7-12-5(10)6(11)13-7/h1H,2-3H3,(H,12,13). The van der Waals surface area contributed by atoms with E-state index in [1.165, 1.54) is 0 Å². The zero-order valence-corrected chi connectivity index (χ0v) is 9.61. The quantitative estimate of drug-likeness (QED) is 0.644. The summed E-state index contributed by atoms with van der Waals surface area (Å²) >= 11 is 11.1. The number of aromatic amines is 1. The maximum absolute atomic E-state index is 11.5. The fraction of sp³-hybridized carbons (Fsp3) is 0.333. The number of hydrogen-bond donors (Lipinski definition) is 1. The number of aromatic nitrogens is 2. The lowest BCUT2D eigenvalue weighted by Crippen LogP contribution is -2.26. The van der Waals surface area contributed by atoms with Crippen molar-refractivity contribution in [3.8, 4) is 12.3 Å². The minimum atomic E-state index is -0.997. The first kappa shape index (κ1) is 11.9. The summed E-state index contributed by atoms with van der Waals surface area (Å²) in [4.78, 5) is 17.6. The van der Waals surface area contributed by atoms with Crippen molar-refractivity contribution in [1.29, 1.82) is 0 Å². The first-order valence-electron chi connectivity index (χ1n) is 3.98. The fourth-order valence-electron chi connectivity index (χ4n) is 0.737. The van der Waals surface area contributed by atoms with Crippen molar-refractivity contribution in [2.75, 3.05) is 0 Å². The topological polar surface area (TPSA) is 55.0 Å². The molecule has 0 aliphatic rings. The Hall–Kier alpha value is -1.18. The van der Waals surface area contributed by atoms with Gasteiger partial charge in [0.05, 0.1) is 0 Å². The highest BCUT2D eigenvalue weighted by molar-refractivity contribution is 6.40. The van der Waals surface area contributed by atoms with Crippen LogP contribution in [0, 0.1) is 12.3 Å². The molecule has 15 heavy (non-hydrogen) atoms. The molecule has 1 aromatic heterocycles. The second-order valence-electron chi connectivity index (χ2n) is 3.23. The number of nitrogens with zero attached hydrogens (tertiary/aromatic N) is 1. The van der Waals surface area contributed by atoms with Gasteiger partial charge in [-0.2, -0.15) is 0 Å². The summed E-state index contributed by atoms with van der Waals surface area (Å²) in [7, 11) is 0. The van der Waals surface area contributed by atoms with Crippen molar-refractivity contribution < 1.29 is 9.53 Å². The van der Waals surface area contributed by atoms with Crippen LogP contribution < -0.4 is 0 Å². The molecule has 0 atom stereocenters. The maximum Gasteiger partial charge on any atom is 0.375 e. The zero-order valence-electron chi connectivity index (χ0n) is 8.10. The van der Waals surface area contributed by atoms with Crippen molar-refractivity contribution in [1.82, 2.24) is 9.97 Å². The number of carbonyl (C=O) groups is 1. The van der Waals surface area contributed by atoms with Crippen molar-refractivity contribution in [3.05, 3.63) is 16.1 Å². The van der Waals surface area contributed by atoms with Crippen LogP contribution in [0.3, 0.4) is 0 Å². The predicted octanol–water partition coefficient (Wildman–Crippen LogP) is 2.29. The smallest absolute Gasteiger partial charge is 0.375 e. The Morgan fingerprint density at radius 2 is 2.20 bits per heavy atom. The van der Waals surface area contributed by atoms with E-state index in [9.17, 15) is 4.79 Å². The molecule has 0 unspecified atom stereocenters. The number of H-pyrrole nitrogens is 1. The van der Waals surface area contributed by atoms with Crippen LogP contribution in [-0.4, -0.2) is 21.5 Å². The van der Waals surface area contributed by atoms with Crippen molar-refractivity contribution in [3.63, 3.8) is 0 Å². The van der Waals surface area contributed by atoms with Crippen LogP contribution in [0.1, 0.15) is 24.5 Å². The highest BCUT2D eigenvalue weighted by atomic mass is 35.5. The van der Waals surface area contributed by atoms with Crippen molar-refractivity contribution >= 4 is 29.2 Å². The molecule has 1 N–H and O–H groups in total. The third kappa shape index (κ3) is 2.88. The third-order valence-corrected chi connectivity index (χ3v) is 2.15. The molecule has 1 aromatic rings. The molecule has 80 valence electrons. The number of terminal acetylenes is 1. The van der Waals surface area contributed by atoms with Gasteiger partial charge in [-0.1, -0.05) is 29.1 Å². The Bertz CT molecular complexity index is 412. The van der Waals surface area contributed by atoms with E-state index in [0.29, 0.717) is 0 Å². The van der Waals surface area contributed by atoms with Gasteiger partial charge in [0, 0.05) is 0 Å². The molecule has 0 aliphatic carbocycles. The molecule has 0 aromatic carbocycles. The van der Waals surface area contributed by atoms with Gasteiger partial charge in [-0.3, -0.25) is 0 Å². The zero-order chi connectivity index (χ0) is 11.6. The molecule has 1 heterocycles. The molecule has 0 bridgehead atoms. The van der Waals surface area contributed by atoms with E-state index in [4.69, 9.17) is 34.4 Å². The average Bonchev–Trinajstić information content (AvgIpc) is 2.47. The molecule has 0 aliphatic heterocycles. The van der Waals surface area contributed by atoms with E-state index in [-0.39, 0.29) is 16.1 Å². The number of halogens is 2. The summed E-state index contributed by atoms with van der Waals surface area (Å²) in [6.07, 6.45) is 5.16. The second kappa shape index (κ2) is 4.13. The van der Waals surface area contributed by atoms with Gasteiger partial charge in [0.15, 0.2) is 10.8 Å². The molecule has 0 spiro atoms. The molecule has 0 radical (unpaired) electrons. The molecule has 0 fully saturated rings. The molecular formula is C9H8Cl2N2O2. The summed E-state index contributed by atoms with van der Waals surface area (Å²) in [5, 5.41) is 0.101. The number of ether oxygens (including phenoxy) is 1. The average molecular weight is 247 g/mol. The summed E-state index contributed by atoms with van der Waals surface area (Å²) in [6, 6.07) is 0. The highest BCUT2D eigenvalue weighted by Gasteiger charge is 2.23. The maximum atomic E-state index is 11.5. The normalized spacial score (nSPS) is 10.9. The third-order valence-electron chi connectivity index (χ3n) is 1.51. The van der Waals surface area contributed by atoms with Crippen molar-refractivity contribution in [2.24, 2.45) is 0 Å². The lowest BCUT2D eigenvalue weighted by molar-refractivity contribution is 0.0191. The van der Waals surface area contributed by atoms with E-state index in [1.807, 2.05) is 0 Å². The molecule has 4 nitrogen and oxygen atoms in total. The van der Waals surface area contributed by atoms with Crippen molar-refractivity contribution in [2.45, 2.75) is 19.4 Å². The monoisotopic (exact) mass is 246 g/mol. The van der Waals surface area contributed by atoms with E-state index < -0.39 is 11.6 Å². The Labute approximate surface area is 96.9 Å². The number of hydrogen-bond acceptors (Lipinski definition) is 3. The summed E-state index contributed by atoms with van der Waals surface area (Å²) in [5.74, 6) is 1.53. The number of imidazole rings is 1. The van der Waals surface area contributed by atoms with Crippen LogP contribution in [0.15, 0.2) is 0 Å². The lowest BCUT2D eigenvalue weighted by atomic mass is 10.1. The minimum Gasteiger partial charge on any atom is -0.441 e. The summed E-state index contributed by atoms with van der Waals surface area (Å²) in [6.45, 7) is 3.16. The number of carbonyl (C=O) groups excluding carboxylic acids is 1. The molecule has 0 amide bonds. The Kier molecular flexibility index (Phi) is 3.28. The van der Waals surface area contributed by atoms with Gasteiger partial charge < -0.3 is 9.72 Å². The minimum absolute atomic E-state index is 0.0159. The van der Waals surface area contributed by atoms with E-state index >= 15 is 0 Å². The fourth-order valence-corrected chi connectivity index (χ4v) is 1.00. The molecule has 0 saturated carbocycles. The van der Waals surface area contributed by atoms with Crippen LogP contribution in [-0.2, 0) is 4.74 Å². The molecule has 1 rings (SSSR count). The van der Waals surface area contributed by atoms with E-state index in [2.05, 4.69) is 15.9 Å². The molecule has 0 saturated heterocycles. The van der Waals surface area contributed by atoms with Crippen LogP contribution in [0.5, 0.6) is 0 Å². The lowest BCUT2D eigenvalue weighted by Gasteiger charge is -2.17. The van der Waals surface area contributed by atoms with Gasteiger partial charge in [0.2, 0.25) is 5.82 Å². The molecular weight excluding hydrogens is 239 g/mol. The first-order valence-corrected chi connectivity index (χ1v) is 4.73. The predicted molar refractivity (Wildman–Crippen MR) is 56.9 cm³/mol. The Morgan fingerprint density at radius 1 is 1.60 bits per heavy atom. The van der Waals surface area contributed by atoms with Gasteiger partial charge in [-0.15, -0.1) is 6.42 Å². The number of rotatable bonds is 2. The van der Waals surface area contributed by atoms with Crippen LogP contribution in [0.25, 0.3) is 0 Å². The Balaban J connectivity index is 2.84. The van der Waals surface area contributed by atoms with E-state index in [0.717, 1.165) is 0 Å². The van der Waals surface area contributed by atoms with Gasteiger partial charge in [-0.25, -0.2) is 9.78 Å². The van der Waals surface area contributed by atoms with Crippen LogP contribution in [0.4, 0.5) is 0 Å². The van der Waals surface area contributed by atoms with E-state index in [1.54, 1.807) is 13.8 Å². The first-order chi connectivity index (χ1) is 6.85. The number of esters is 1. The van der Waals surface area contributed by atoms with Gasteiger partial charge in [0.1, 0.15) is 5.15 Å². The second-order valence-corrected chi connectivity index (χ2v) is 3.97. The Morgan fingerprint density at radius 3 is 2.60 bits per heavy atom. The highest BCUT2D eigenvalue weighted by Crippen LogP contribution is 2.19. The van der Waals surface area contributed by atoms with Crippen LogP contribution in [0.2, 0.25) is 10.3 Å². The van der Waals surface area contributed by atoms with Gasteiger partial charge >= 0.3 is 5.97 Å². The summed E-state index contributed by atoms with van der Waals surface area (Å²) < 4.78 is 4.96. The largest absolute Gasteiger partial charge is 0.441 e.